The number of aliphatic carboxylic acids is 2. The highest BCUT2D eigenvalue weighted by Crippen LogP contribution is 2.10. The Bertz CT molecular complexity index is 335. The van der Waals surface area contributed by atoms with Crippen molar-refractivity contribution < 1.29 is 39.5 Å². The molecule has 0 aromatic carbocycles. The molecule has 0 aliphatic rings. The van der Waals surface area contributed by atoms with Crippen LogP contribution < -0.4 is 0 Å². The quantitative estimate of drug-likeness (QED) is 0.307. The number of quaternary nitrogens is 2. The van der Waals surface area contributed by atoms with Crippen LogP contribution in [0.3, 0.4) is 0 Å². The zero-order valence-electron chi connectivity index (χ0n) is 12.5. The van der Waals surface area contributed by atoms with E-state index in [2.05, 4.69) is 6.58 Å². The lowest BCUT2D eigenvalue weighted by molar-refractivity contribution is -1.25. The fourth-order valence-electron chi connectivity index (χ4n) is 1.23. The first-order valence-electron chi connectivity index (χ1n) is 6.06. The summed E-state index contributed by atoms with van der Waals surface area (Å²) in [7, 11) is 5.52. The molecule has 0 radical (unpaired) electrons. The van der Waals surface area contributed by atoms with Crippen molar-refractivity contribution in [2.45, 2.75) is 19.4 Å². The lowest BCUT2D eigenvalue weighted by atomic mass is 10.2. The molecule has 0 amide bonds. The van der Waals surface area contributed by atoms with Gasteiger partial charge in [-0.2, -0.15) is 10.4 Å². The van der Waals surface area contributed by atoms with E-state index in [-0.39, 0.29) is 19.5 Å². The van der Waals surface area contributed by atoms with Crippen molar-refractivity contribution in [2.75, 3.05) is 34.2 Å². The summed E-state index contributed by atoms with van der Waals surface area (Å²) in [5.41, 5.74) is 0. The lowest BCUT2D eigenvalue weighted by Crippen LogP contribution is -2.53. The van der Waals surface area contributed by atoms with Crippen molar-refractivity contribution in [3.05, 3.63) is 12.7 Å². The topological polar surface area (TPSA) is 115 Å². The molecule has 1 unspecified atom stereocenters. The highest BCUT2D eigenvalue weighted by atomic mass is 16.8. The number of carbonyl (C=O) groups is 2. The van der Waals surface area contributed by atoms with E-state index >= 15 is 0 Å². The van der Waals surface area contributed by atoms with Gasteiger partial charge in [-0.3, -0.25) is 0 Å². The lowest BCUT2D eigenvalue weighted by Gasteiger charge is -2.24. The molecule has 0 rings (SSSR count). The first-order chi connectivity index (χ1) is 8.87. The Morgan fingerprint density at radius 1 is 1.20 bits per heavy atom. The second-order valence-electron chi connectivity index (χ2n) is 5.32. The maximum atomic E-state index is 10.5. The molecule has 20 heavy (non-hydrogen) atoms. The number of hydrogen-bond donors (Lipinski definition) is 4. The molecule has 0 aliphatic carbocycles. The van der Waals surface area contributed by atoms with E-state index in [9.17, 15) is 9.59 Å². The maximum absolute atomic E-state index is 10.5. The summed E-state index contributed by atoms with van der Waals surface area (Å²) in [6.07, 6.45) is 1.37. The Kier molecular flexibility index (Phi) is 9.00. The summed E-state index contributed by atoms with van der Waals surface area (Å²) >= 11 is 0. The average molecular weight is 294 g/mol. The molecule has 0 aromatic rings. The molecule has 0 bridgehead atoms. The van der Waals surface area contributed by atoms with Gasteiger partial charge in [-0.05, 0) is 11.7 Å². The molecule has 0 saturated carbocycles. The maximum Gasteiger partial charge on any atom is 0.369 e. The summed E-state index contributed by atoms with van der Waals surface area (Å²) in [5.74, 6) is -2.00. The zero-order chi connectivity index (χ0) is 16.6. The number of nitrogens with zero attached hydrogens (tertiary/aromatic N) is 2. The van der Waals surface area contributed by atoms with Crippen molar-refractivity contribution in [3.63, 3.8) is 0 Å². The largest absolute Gasteiger partial charge is 0.477 e. The van der Waals surface area contributed by atoms with Crippen LogP contribution in [-0.4, -0.2) is 82.1 Å². The summed E-state index contributed by atoms with van der Waals surface area (Å²) in [5, 5.41) is 35.1. The van der Waals surface area contributed by atoms with Gasteiger partial charge in [0.1, 0.15) is 6.54 Å². The SMILES string of the molecule is C=CCC(C(=O)O)[N+](O)(O)CC.C[N+](C)(C)CC(=O)O. The average Bonchev–Trinajstić information content (AvgIpc) is 2.22. The Morgan fingerprint density at radius 3 is 1.80 bits per heavy atom. The van der Waals surface area contributed by atoms with Gasteiger partial charge in [-0.25, -0.2) is 9.59 Å². The zero-order valence-corrected chi connectivity index (χ0v) is 12.5. The van der Waals surface area contributed by atoms with Gasteiger partial charge in [0.2, 0.25) is 0 Å². The van der Waals surface area contributed by atoms with Crippen LogP contribution in [0.1, 0.15) is 13.3 Å². The summed E-state index contributed by atoms with van der Waals surface area (Å²) in [4.78, 5) is 19.0. The summed E-state index contributed by atoms with van der Waals surface area (Å²) < 4.78 is 0.481. The number of hydrogen-bond acceptors (Lipinski definition) is 4. The second-order valence-corrected chi connectivity index (χ2v) is 5.32. The van der Waals surface area contributed by atoms with Gasteiger partial charge >= 0.3 is 11.9 Å². The van der Waals surface area contributed by atoms with Gasteiger partial charge in [0.15, 0.2) is 6.54 Å². The Balaban J connectivity index is 0. The number of rotatable bonds is 7. The van der Waals surface area contributed by atoms with Gasteiger partial charge in [-0.15, -0.1) is 6.58 Å². The van der Waals surface area contributed by atoms with Gasteiger partial charge in [-0.1, -0.05) is 6.08 Å². The highest BCUT2D eigenvalue weighted by molar-refractivity contribution is 5.72. The molecule has 118 valence electrons. The molecule has 0 saturated heterocycles. The molecule has 0 aromatic heterocycles. The van der Waals surface area contributed by atoms with Crippen LogP contribution in [0.25, 0.3) is 0 Å². The molecule has 0 fully saturated rings. The van der Waals surface area contributed by atoms with Crippen LogP contribution in [0.5, 0.6) is 0 Å². The van der Waals surface area contributed by atoms with Crippen LogP contribution in [0.4, 0.5) is 0 Å². The standard InChI is InChI=1S/C7H13NO4.C5H11NO2/c1-3-5-6(7(9)10)8(11,12)4-2;1-6(2,3)4-5(7)8/h3,6,11-12H,1,4-5H2,2H3;4H2,1-3H3/p+2. The number of likely N-dealkylation sites (N-methyl/N-ethyl adjacent to an activating group) is 2. The summed E-state index contributed by atoms with van der Waals surface area (Å²) in [6.45, 7) is 4.92. The molecule has 8 nitrogen and oxygen atoms in total. The van der Waals surface area contributed by atoms with E-state index in [0.717, 1.165) is 0 Å². The summed E-state index contributed by atoms with van der Waals surface area (Å²) in [6, 6.07) is -1.26. The van der Waals surface area contributed by atoms with Crippen LogP contribution in [0.15, 0.2) is 12.7 Å². The molecule has 8 heteroatoms. The van der Waals surface area contributed by atoms with Crippen LogP contribution >= 0.6 is 0 Å². The van der Waals surface area contributed by atoms with Gasteiger partial charge in [0.25, 0.3) is 6.04 Å². The minimum absolute atomic E-state index is 0.0240. The first-order valence-corrected chi connectivity index (χ1v) is 6.06. The fraction of sp³-hybridized carbons (Fsp3) is 0.667. The monoisotopic (exact) mass is 294 g/mol. The van der Waals surface area contributed by atoms with E-state index in [1.165, 1.54) is 13.0 Å². The number of carboxylic acid groups (broad SMARTS) is 2. The normalized spacial score (nSPS) is 12.9. The van der Waals surface area contributed by atoms with E-state index in [0.29, 0.717) is 4.48 Å². The molecular weight excluding hydrogens is 268 g/mol. The van der Waals surface area contributed by atoms with Crippen molar-refractivity contribution in [1.82, 2.24) is 0 Å². The van der Waals surface area contributed by atoms with E-state index in [1.54, 1.807) is 0 Å². The fourth-order valence-corrected chi connectivity index (χ4v) is 1.23. The minimum Gasteiger partial charge on any atom is -0.477 e. The third kappa shape index (κ3) is 10.4. The van der Waals surface area contributed by atoms with Crippen molar-refractivity contribution >= 4 is 11.9 Å². The third-order valence-corrected chi connectivity index (χ3v) is 2.25. The Labute approximate surface area is 118 Å². The second kappa shape index (κ2) is 8.64. The van der Waals surface area contributed by atoms with Crippen LogP contribution in [0.2, 0.25) is 0 Å². The predicted molar refractivity (Wildman–Crippen MR) is 71.1 cm³/mol. The molecule has 0 heterocycles. The molecular formula is C12H26N2O6+2. The smallest absolute Gasteiger partial charge is 0.369 e. The molecule has 0 aliphatic heterocycles. The minimum atomic E-state index is -1.50. The number of hydroxylamine groups is 4. The van der Waals surface area contributed by atoms with E-state index in [1.807, 2.05) is 21.1 Å². The van der Waals surface area contributed by atoms with Gasteiger partial charge in [0.05, 0.1) is 21.1 Å². The van der Waals surface area contributed by atoms with Crippen molar-refractivity contribution in [1.29, 1.82) is 0 Å². The van der Waals surface area contributed by atoms with E-state index < -0.39 is 22.8 Å². The molecule has 4 N–H and O–H groups in total. The van der Waals surface area contributed by atoms with Gasteiger partial charge < -0.3 is 14.7 Å². The molecule has 0 spiro atoms. The van der Waals surface area contributed by atoms with Crippen LogP contribution in [-0.2, 0) is 9.59 Å². The Hall–Kier alpha value is -1.48. The number of carboxylic acids is 2. The highest BCUT2D eigenvalue weighted by Gasteiger charge is 2.38. The predicted octanol–water partition coefficient (Wildman–Crippen LogP) is 0.408. The molecule has 1 atom stereocenters. The third-order valence-electron chi connectivity index (χ3n) is 2.25. The first kappa shape index (κ1) is 20.8. The van der Waals surface area contributed by atoms with Crippen LogP contribution in [0, 0.1) is 0 Å². The Morgan fingerprint density at radius 2 is 1.65 bits per heavy atom. The van der Waals surface area contributed by atoms with Crippen molar-refractivity contribution in [2.24, 2.45) is 0 Å². The van der Waals surface area contributed by atoms with Gasteiger partial charge in [0, 0.05) is 6.42 Å². The van der Waals surface area contributed by atoms with Crippen molar-refractivity contribution in [3.8, 4) is 0 Å². The van der Waals surface area contributed by atoms with E-state index in [4.69, 9.17) is 20.6 Å².